The van der Waals surface area contributed by atoms with Crippen molar-refractivity contribution in [3.8, 4) is 22.3 Å². The molecule has 2 nitrogen and oxygen atoms in total. The fourth-order valence-electron chi connectivity index (χ4n) is 8.05. The smallest absolute Gasteiger partial charge is 0.159 e. The Kier molecular flexibility index (Phi) is 6.76. The lowest BCUT2D eigenvalue weighted by Crippen LogP contribution is -2.10. The lowest BCUT2D eigenvalue weighted by Gasteiger charge is -2.26. The van der Waals surface area contributed by atoms with Crippen LogP contribution in [0.25, 0.3) is 85.9 Å². The van der Waals surface area contributed by atoms with E-state index in [2.05, 4.69) is 181 Å². The molecule has 0 spiro atoms. The Labute approximate surface area is 310 Å². The monoisotopic (exact) mass is 693 g/mol. The Bertz CT molecular complexity index is 3160. The van der Waals surface area contributed by atoms with Crippen molar-refractivity contribution >= 4 is 92.1 Å². The number of hydrogen-bond acceptors (Lipinski definition) is 3. The van der Waals surface area contributed by atoms with E-state index in [0.717, 1.165) is 39.0 Å². The van der Waals surface area contributed by atoms with Gasteiger partial charge in [-0.05, 0) is 104 Å². The van der Waals surface area contributed by atoms with E-state index >= 15 is 0 Å². The van der Waals surface area contributed by atoms with Gasteiger partial charge in [0, 0.05) is 42.3 Å². The van der Waals surface area contributed by atoms with Crippen LogP contribution >= 0.6 is 11.3 Å². The standard InChI is InChI=1S/C50H31NOS/c1-2-11-40-33(9-1)10-7-14-41(40)34-23-27-39(28-24-34)51(46-16-8-15-44-42-12-3-5-17-47(42)52-50(44)46)38-25-21-32(22-26-38)35-19-20-36-31-49-45(30-37(36)29-35)43-13-4-6-18-48(43)53-49/h1-31H. The maximum Gasteiger partial charge on any atom is 0.159 e. The van der Waals surface area contributed by atoms with Crippen molar-refractivity contribution in [2.45, 2.75) is 0 Å². The summed E-state index contributed by atoms with van der Waals surface area (Å²) in [4.78, 5) is 2.32. The summed E-state index contributed by atoms with van der Waals surface area (Å²) in [5.41, 5.74) is 9.69. The van der Waals surface area contributed by atoms with E-state index in [1.54, 1.807) is 0 Å². The second kappa shape index (κ2) is 11.9. The number of hydrogen-bond donors (Lipinski definition) is 0. The van der Waals surface area contributed by atoms with Crippen molar-refractivity contribution in [1.29, 1.82) is 0 Å². The average Bonchev–Trinajstić information content (AvgIpc) is 3.79. The molecule has 11 rings (SSSR count). The van der Waals surface area contributed by atoms with Gasteiger partial charge in [-0.3, -0.25) is 0 Å². The van der Waals surface area contributed by atoms with Crippen LogP contribution in [0, 0.1) is 0 Å². The van der Waals surface area contributed by atoms with Crippen molar-refractivity contribution in [1.82, 2.24) is 0 Å². The second-order valence-corrected chi connectivity index (χ2v) is 14.8. The van der Waals surface area contributed by atoms with Gasteiger partial charge in [0.15, 0.2) is 5.58 Å². The fourth-order valence-corrected chi connectivity index (χ4v) is 9.19. The Balaban J connectivity index is 1.03. The molecule has 0 bridgehead atoms. The van der Waals surface area contributed by atoms with Crippen LogP contribution in [0.1, 0.15) is 0 Å². The van der Waals surface area contributed by atoms with Gasteiger partial charge in [-0.25, -0.2) is 0 Å². The van der Waals surface area contributed by atoms with Crippen molar-refractivity contribution in [2.24, 2.45) is 0 Å². The van der Waals surface area contributed by atoms with Crippen LogP contribution in [0.5, 0.6) is 0 Å². The average molecular weight is 694 g/mol. The molecule has 0 aliphatic heterocycles. The van der Waals surface area contributed by atoms with Crippen LogP contribution in [-0.2, 0) is 0 Å². The van der Waals surface area contributed by atoms with Gasteiger partial charge in [-0.1, -0.05) is 127 Å². The summed E-state index contributed by atoms with van der Waals surface area (Å²) in [5, 5.41) is 9.90. The molecule has 2 heterocycles. The summed E-state index contributed by atoms with van der Waals surface area (Å²) in [6, 6.07) is 68.0. The maximum atomic E-state index is 6.59. The molecule has 0 saturated carbocycles. The molecule has 0 atom stereocenters. The van der Waals surface area contributed by atoms with Gasteiger partial charge in [0.2, 0.25) is 0 Å². The number of benzene rings is 9. The largest absolute Gasteiger partial charge is 0.454 e. The Morgan fingerprint density at radius 3 is 1.89 bits per heavy atom. The molecule has 9 aromatic carbocycles. The third-order valence-corrected chi connectivity index (χ3v) is 11.8. The summed E-state index contributed by atoms with van der Waals surface area (Å²) in [6.45, 7) is 0. The minimum atomic E-state index is 0.873. The minimum Gasteiger partial charge on any atom is -0.454 e. The Morgan fingerprint density at radius 2 is 1.04 bits per heavy atom. The molecule has 0 aliphatic rings. The first-order valence-electron chi connectivity index (χ1n) is 18.0. The lowest BCUT2D eigenvalue weighted by molar-refractivity contribution is 0.669. The van der Waals surface area contributed by atoms with Crippen molar-refractivity contribution < 1.29 is 4.42 Å². The second-order valence-electron chi connectivity index (χ2n) is 13.7. The summed E-state index contributed by atoms with van der Waals surface area (Å²) < 4.78 is 9.26. The van der Waals surface area contributed by atoms with Crippen LogP contribution in [0.4, 0.5) is 17.1 Å². The first-order chi connectivity index (χ1) is 26.2. The number of thiophene rings is 1. The van der Waals surface area contributed by atoms with Crippen LogP contribution < -0.4 is 4.90 Å². The van der Waals surface area contributed by atoms with E-state index in [-0.39, 0.29) is 0 Å². The molecule has 0 N–H and O–H groups in total. The van der Waals surface area contributed by atoms with Crippen molar-refractivity contribution in [3.05, 3.63) is 188 Å². The van der Waals surface area contributed by atoms with Gasteiger partial charge in [0.1, 0.15) is 5.58 Å². The molecular formula is C50H31NOS. The zero-order valence-corrected chi connectivity index (χ0v) is 29.5. The zero-order valence-electron chi connectivity index (χ0n) is 28.7. The Hall–Kier alpha value is -6.68. The molecule has 0 amide bonds. The van der Waals surface area contributed by atoms with Gasteiger partial charge in [0.25, 0.3) is 0 Å². The number of anilines is 3. The summed E-state index contributed by atoms with van der Waals surface area (Å²) in [7, 11) is 0. The first kappa shape index (κ1) is 30.0. The third-order valence-electron chi connectivity index (χ3n) is 10.6. The highest BCUT2D eigenvalue weighted by atomic mass is 32.1. The van der Waals surface area contributed by atoms with E-state index in [9.17, 15) is 0 Å². The molecule has 248 valence electrons. The van der Waals surface area contributed by atoms with Gasteiger partial charge < -0.3 is 9.32 Å². The molecule has 0 unspecified atom stereocenters. The molecule has 2 aromatic heterocycles. The SMILES string of the molecule is c1ccc2c(-c3ccc(N(c4ccc(-c5ccc6cc7sc8ccccc8c7cc6c5)cc4)c4cccc5c4oc4ccccc45)cc3)cccc2c1. The number of fused-ring (bicyclic) bond motifs is 8. The number of rotatable bonds is 5. The van der Waals surface area contributed by atoms with E-state index in [1.165, 1.54) is 64.0 Å². The maximum absolute atomic E-state index is 6.59. The quantitative estimate of drug-likeness (QED) is 0.178. The molecule has 0 fully saturated rings. The molecule has 0 saturated heterocycles. The predicted octanol–water partition coefficient (Wildman–Crippen LogP) is 15.1. The summed E-state index contributed by atoms with van der Waals surface area (Å²) >= 11 is 1.87. The van der Waals surface area contributed by atoms with Crippen LogP contribution in [0.15, 0.2) is 192 Å². The number of furan rings is 1. The van der Waals surface area contributed by atoms with Gasteiger partial charge in [0.05, 0.1) is 5.69 Å². The zero-order chi connectivity index (χ0) is 34.9. The molecule has 0 radical (unpaired) electrons. The third kappa shape index (κ3) is 4.93. The van der Waals surface area contributed by atoms with Crippen molar-refractivity contribution in [2.75, 3.05) is 4.90 Å². The van der Waals surface area contributed by atoms with E-state index in [1.807, 2.05) is 23.5 Å². The van der Waals surface area contributed by atoms with Gasteiger partial charge in [-0.2, -0.15) is 0 Å². The highest BCUT2D eigenvalue weighted by Crippen LogP contribution is 2.44. The van der Waals surface area contributed by atoms with Crippen molar-refractivity contribution in [3.63, 3.8) is 0 Å². The number of para-hydroxylation sites is 2. The predicted molar refractivity (Wildman–Crippen MR) is 227 cm³/mol. The van der Waals surface area contributed by atoms with Crippen LogP contribution in [-0.4, -0.2) is 0 Å². The topological polar surface area (TPSA) is 16.4 Å². The first-order valence-corrected chi connectivity index (χ1v) is 18.8. The fraction of sp³-hybridized carbons (Fsp3) is 0. The molecule has 0 aliphatic carbocycles. The van der Waals surface area contributed by atoms with E-state index < -0.39 is 0 Å². The molecule has 11 aromatic rings. The van der Waals surface area contributed by atoms with Gasteiger partial charge in [-0.15, -0.1) is 11.3 Å². The van der Waals surface area contributed by atoms with Crippen LogP contribution in [0.3, 0.4) is 0 Å². The number of nitrogens with zero attached hydrogens (tertiary/aromatic N) is 1. The normalized spacial score (nSPS) is 11.8. The van der Waals surface area contributed by atoms with Crippen LogP contribution in [0.2, 0.25) is 0 Å². The highest BCUT2D eigenvalue weighted by molar-refractivity contribution is 7.25. The molecule has 53 heavy (non-hydrogen) atoms. The summed E-state index contributed by atoms with van der Waals surface area (Å²) in [6.07, 6.45) is 0. The van der Waals surface area contributed by atoms with E-state index in [4.69, 9.17) is 4.42 Å². The molecule has 3 heteroatoms. The van der Waals surface area contributed by atoms with Gasteiger partial charge >= 0.3 is 0 Å². The Morgan fingerprint density at radius 1 is 0.377 bits per heavy atom. The lowest BCUT2D eigenvalue weighted by atomic mass is 9.98. The van der Waals surface area contributed by atoms with E-state index in [0.29, 0.717) is 0 Å². The summed E-state index contributed by atoms with van der Waals surface area (Å²) in [5.74, 6) is 0. The highest BCUT2D eigenvalue weighted by Gasteiger charge is 2.20. The molecular weight excluding hydrogens is 663 g/mol. The minimum absolute atomic E-state index is 0.873.